The summed E-state index contributed by atoms with van der Waals surface area (Å²) in [5.74, 6) is 0. The van der Waals surface area contributed by atoms with E-state index in [0.29, 0.717) is 32.7 Å². The molecule has 15 nitrogen and oxygen atoms in total. The van der Waals surface area contributed by atoms with Crippen LogP contribution in [0.5, 0.6) is 0 Å². The van der Waals surface area contributed by atoms with Crippen molar-refractivity contribution in [3.63, 3.8) is 0 Å². The van der Waals surface area contributed by atoms with E-state index in [1.165, 1.54) is 91.0 Å². The van der Waals surface area contributed by atoms with Gasteiger partial charge in [0.1, 0.15) is 0 Å². The molecule has 5 aromatic rings. The Bertz CT molecular complexity index is 2520. The quantitative estimate of drug-likeness (QED) is 0.0889. The van der Waals surface area contributed by atoms with E-state index in [0.717, 1.165) is 24.6 Å². The van der Waals surface area contributed by atoms with Gasteiger partial charge in [-0.25, -0.2) is 0 Å². The second-order valence-corrected chi connectivity index (χ2v) is 23.0. The first kappa shape index (κ1) is 44.2. The Labute approximate surface area is 321 Å². The van der Waals surface area contributed by atoms with Crippen LogP contribution in [-0.4, -0.2) is 71.0 Å². The van der Waals surface area contributed by atoms with Crippen molar-refractivity contribution in [2.24, 2.45) is 0 Å². The van der Waals surface area contributed by atoms with Gasteiger partial charge in [-0.15, -0.1) is 0 Å². The molecule has 0 radical (unpaired) electrons. The maximum Gasteiger partial charge on any atom is 0.294 e. The lowest BCUT2D eigenvalue weighted by atomic mass is 10.3. The highest BCUT2D eigenvalue weighted by atomic mass is 32.2. The zero-order valence-corrected chi connectivity index (χ0v) is 34.1. The molecule has 0 fully saturated rings. The molecule has 0 aliphatic carbocycles. The fraction of sp³-hybridized carbons (Fsp3) is 0.0909. The molecule has 0 aliphatic heterocycles. The average molecular weight is 891 g/mol. The third-order valence-corrected chi connectivity index (χ3v) is 16.8. The number of hydrogen-bond donors (Lipinski definition) is 5. The molecule has 0 unspecified atom stereocenters. The first-order valence-corrected chi connectivity index (χ1v) is 25.4. The Hall–Kier alpha value is -3.49. The third-order valence-electron chi connectivity index (χ3n) is 7.42. The summed E-state index contributed by atoms with van der Waals surface area (Å²) < 4.78 is 161. The summed E-state index contributed by atoms with van der Waals surface area (Å²) in [7, 11) is -25.1. The third kappa shape index (κ3) is 12.0. The number of rotatable bonds is 12. The second kappa shape index (κ2) is 17.3. The van der Waals surface area contributed by atoms with Gasteiger partial charge in [-0.3, -0.25) is 22.8 Å². The molecule has 5 aromatic carbocycles. The van der Waals surface area contributed by atoms with Crippen molar-refractivity contribution in [3.05, 3.63) is 121 Å². The van der Waals surface area contributed by atoms with E-state index < -0.39 is 81.1 Å². The van der Waals surface area contributed by atoms with Crippen molar-refractivity contribution in [2.75, 3.05) is 6.16 Å². The molecule has 0 amide bonds. The summed E-state index contributed by atoms with van der Waals surface area (Å²) in [4.78, 5) is -1.62. The Kier molecular flexibility index (Phi) is 13.9. The summed E-state index contributed by atoms with van der Waals surface area (Å²) in [6.07, 6.45) is 1.51. The molecule has 0 aromatic heterocycles. The van der Waals surface area contributed by atoms with Gasteiger partial charge in [0.05, 0.1) is 24.5 Å². The summed E-state index contributed by atoms with van der Waals surface area (Å²) in [6, 6.07) is 27.7. The van der Waals surface area contributed by atoms with Crippen LogP contribution in [0.25, 0.3) is 0 Å². The summed E-state index contributed by atoms with van der Waals surface area (Å²) in [5.41, 5.74) is 0. The Balaban J connectivity index is 0.000000253. The van der Waals surface area contributed by atoms with Crippen molar-refractivity contribution < 1.29 is 64.9 Å². The van der Waals surface area contributed by atoms with E-state index in [4.69, 9.17) is 0 Å². The van der Waals surface area contributed by atoms with E-state index in [2.05, 4.69) is 0 Å². The highest BCUT2D eigenvalue weighted by Crippen LogP contribution is 2.36. The lowest BCUT2D eigenvalue weighted by Gasteiger charge is -2.20. The van der Waals surface area contributed by atoms with Crippen LogP contribution in [0.15, 0.2) is 146 Å². The van der Waals surface area contributed by atoms with Crippen LogP contribution >= 0.6 is 15.8 Å². The van der Waals surface area contributed by atoms with Crippen molar-refractivity contribution in [2.45, 2.75) is 37.8 Å². The lowest BCUT2D eigenvalue weighted by molar-refractivity contribution is 0.481. The molecule has 5 N–H and O–H groups in total. The minimum Gasteiger partial charge on any atom is -0.282 e. The summed E-state index contributed by atoms with van der Waals surface area (Å²) >= 11 is 0. The normalized spacial score (nSPS) is 12.7. The van der Waals surface area contributed by atoms with Gasteiger partial charge in [0.15, 0.2) is 0 Å². The van der Waals surface area contributed by atoms with Gasteiger partial charge >= 0.3 is 0 Å². The number of benzene rings is 5. The molecule has 294 valence electrons. The van der Waals surface area contributed by atoms with Gasteiger partial charge < -0.3 is 0 Å². The molecule has 55 heavy (non-hydrogen) atoms. The molecule has 0 bridgehead atoms. The van der Waals surface area contributed by atoms with Crippen LogP contribution in [0.2, 0.25) is 0 Å². The van der Waals surface area contributed by atoms with Crippen LogP contribution in [0, 0.1) is 0 Å². The molecule has 0 saturated heterocycles. The molecule has 0 spiro atoms. The molecular weight excluding hydrogens is 859 g/mol. The fourth-order valence-corrected chi connectivity index (χ4v) is 12.9. The maximum absolute atomic E-state index is 11.6. The topological polar surface area (TPSA) is 272 Å². The van der Waals surface area contributed by atoms with E-state index in [1.54, 1.807) is 12.1 Å². The van der Waals surface area contributed by atoms with Crippen LogP contribution in [0.4, 0.5) is 0 Å². The Morgan fingerprint density at radius 3 is 0.818 bits per heavy atom. The van der Waals surface area contributed by atoms with Crippen LogP contribution < -0.4 is 26.5 Å². The van der Waals surface area contributed by atoms with Crippen molar-refractivity contribution in [1.29, 1.82) is 0 Å². The minimum atomic E-state index is -4.55. The molecule has 0 heterocycles. The standard InChI is InChI=1S/C18H15O9PS3.C15H17O6PS2/c19-29(20,21)16-7-1-4-13(10-16)28(14-5-2-8-17(11-14)30(22,23)24)15-6-3-9-18(12-15)31(25,26)27;1-2-9-22(12-5-3-7-14(10-12)23(16,17)18)13-6-4-8-15(11-13)24(19,20)21/h1-12H,(H,19,20,21)(H,22,23,24)(H,25,26,27);3-8,10-11H,2,9H2,1H3,(H,16,17,18)(H,19,20,21). The highest BCUT2D eigenvalue weighted by molar-refractivity contribution is 7.87. The fourth-order valence-electron chi connectivity index (χ4n) is 5.05. The van der Waals surface area contributed by atoms with Crippen LogP contribution in [0.1, 0.15) is 13.3 Å². The van der Waals surface area contributed by atoms with Crippen molar-refractivity contribution in [3.8, 4) is 0 Å². The second-order valence-electron chi connectivity index (χ2n) is 11.3. The lowest BCUT2D eigenvalue weighted by Crippen LogP contribution is -2.22. The molecule has 5 rings (SSSR count). The van der Waals surface area contributed by atoms with Crippen LogP contribution in [0.3, 0.4) is 0 Å². The monoisotopic (exact) mass is 890 g/mol. The highest BCUT2D eigenvalue weighted by Gasteiger charge is 2.23. The largest absolute Gasteiger partial charge is 0.294 e. The number of hydrogen-bond acceptors (Lipinski definition) is 10. The molecule has 0 saturated carbocycles. The molecule has 22 heteroatoms. The first-order valence-electron chi connectivity index (χ1n) is 15.3. The van der Waals surface area contributed by atoms with Gasteiger partial charge in [0, 0.05) is 0 Å². The smallest absolute Gasteiger partial charge is 0.282 e. The van der Waals surface area contributed by atoms with E-state index >= 15 is 0 Å². The predicted molar refractivity (Wildman–Crippen MR) is 208 cm³/mol. The first-order chi connectivity index (χ1) is 25.4. The van der Waals surface area contributed by atoms with Gasteiger partial charge in [-0.2, -0.15) is 42.1 Å². The van der Waals surface area contributed by atoms with Gasteiger partial charge in [0.2, 0.25) is 0 Å². The minimum absolute atomic E-state index is 0.200. The molecule has 0 aliphatic rings. The maximum atomic E-state index is 11.6. The van der Waals surface area contributed by atoms with E-state index in [9.17, 15) is 64.9 Å². The SMILES string of the molecule is CCCP(c1cccc(S(=O)(=O)O)c1)c1cccc(S(=O)(=O)O)c1.O=S(=O)(O)c1cccc(P(c2cccc(S(=O)(=O)O)c2)c2cccc(S(=O)(=O)O)c2)c1. The Morgan fingerprint density at radius 2 is 0.600 bits per heavy atom. The van der Waals surface area contributed by atoms with Gasteiger partial charge in [-0.1, -0.05) is 74.0 Å². The predicted octanol–water partition coefficient (Wildman–Crippen LogP) is 3.21. The summed E-state index contributed by atoms with van der Waals surface area (Å²) in [6.45, 7) is 1.97. The summed E-state index contributed by atoms with van der Waals surface area (Å²) in [5, 5.41) is 2.42. The van der Waals surface area contributed by atoms with Gasteiger partial charge in [-0.05, 0) is 109 Å². The van der Waals surface area contributed by atoms with Crippen LogP contribution in [-0.2, 0) is 50.6 Å². The van der Waals surface area contributed by atoms with E-state index in [-0.39, 0.29) is 9.79 Å². The average Bonchev–Trinajstić information content (AvgIpc) is 3.10. The van der Waals surface area contributed by atoms with Crippen molar-refractivity contribution in [1.82, 2.24) is 0 Å². The Morgan fingerprint density at radius 1 is 0.382 bits per heavy atom. The molecular formula is C33H32O15P2S5. The van der Waals surface area contributed by atoms with E-state index in [1.807, 2.05) is 6.92 Å². The van der Waals surface area contributed by atoms with Crippen molar-refractivity contribution >= 4 is 93.0 Å². The molecule has 0 atom stereocenters. The zero-order valence-electron chi connectivity index (χ0n) is 28.2. The van der Waals surface area contributed by atoms with Gasteiger partial charge in [0.25, 0.3) is 50.6 Å². The zero-order chi connectivity index (χ0) is 41.0.